The molecule has 1 N–H and O–H groups in total. The smallest absolute Gasteiger partial charge is 0.341 e. The number of esters is 1. The van der Waals surface area contributed by atoms with Gasteiger partial charge in [0.15, 0.2) is 9.84 Å². The number of benzene rings is 2. The van der Waals surface area contributed by atoms with E-state index in [1.54, 1.807) is 19.1 Å². The molecule has 0 aromatic heterocycles. The summed E-state index contributed by atoms with van der Waals surface area (Å²) in [5, 5.41) is 0. The Bertz CT molecular complexity index is 1110. The topological polar surface area (TPSA) is 125 Å². The van der Waals surface area contributed by atoms with Gasteiger partial charge in [0.05, 0.1) is 24.9 Å². The number of hydrogen-bond donors (Lipinski definition) is 1. The third kappa shape index (κ3) is 6.94. The Morgan fingerprint density at radius 3 is 2.26 bits per heavy atom. The zero-order chi connectivity index (χ0) is 23.1. The van der Waals surface area contributed by atoms with Crippen LogP contribution in [0.3, 0.4) is 0 Å². The Balaban J connectivity index is 2.04. The van der Waals surface area contributed by atoms with Gasteiger partial charge >= 0.3 is 5.97 Å². The van der Waals surface area contributed by atoms with Gasteiger partial charge in [-0.25, -0.2) is 26.4 Å². The molecule has 0 spiro atoms. The molecule has 0 radical (unpaired) electrons. The summed E-state index contributed by atoms with van der Waals surface area (Å²) < 4.78 is 65.7. The summed E-state index contributed by atoms with van der Waals surface area (Å²) >= 11 is 0. The van der Waals surface area contributed by atoms with Gasteiger partial charge in [-0.15, -0.1) is 0 Å². The third-order valence-electron chi connectivity index (χ3n) is 4.37. The number of ether oxygens (including phenoxy) is 3. The highest BCUT2D eigenvalue weighted by Gasteiger charge is 2.17. The number of carbonyl (C=O) groups is 1. The molecule has 11 heteroatoms. The quantitative estimate of drug-likeness (QED) is 0.492. The van der Waals surface area contributed by atoms with Gasteiger partial charge in [0.2, 0.25) is 10.0 Å². The largest absolute Gasteiger partial charge is 0.496 e. The number of hydrogen-bond acceptors (Lipinski definition) is 8. The molecule has 2 aromatic rings. The lowest BCUT2D eigenvalue weighted by Crippen LogP contribution is -2.23. The lowest BCUT2D eigenvalue weighted by Gasteiger charge is -2.11. The van der Waals surface area contributed by atoms with Crippen LogP contribution in [0.2, 0.25) is 0 Å². The van der Waals surface area contributed by atoms with E-state index >= 15 is 0 Å². The Labute approximate surface area is 182 Å². The van der Waals surface area contributed by atoms with Crippen molar-refractivity contribution in [2.75, 3.05) is 32.3 Å². The van der Waals surface area contributed by atoms with E-state index in [0.29, 0.717) is 17.1 Å². The van der Waals surface area contributed by atoms with Crippen LogP contribution < -0.4 is 14.2 Å². The average Bonchev–Trinajstić information content (AvgIpc) is 2.77. The molecule has 0 bridgehead atoms. The first-order chi connectivity index (χ1) is 14.6. The summed E-state index contributed by atoms with van der Waals surface area (Å²) in [4.78, 5) is 11.9. The molecule has 2 aromatic carbocycles. The summed E-state index contributed by atoms with van der Waals surface area (Å²) in [5.74, 6) is 0.0162. The summed E-state index contributed by atoms with van der Waals surface area (Å²) in [6.45, 7) is 1.49. The first-order valence-corrected chi connectivity index (χ1v) is 12.6. The van der Waals surface area contributed by atoms with Crippen molar-refractivity contribution in [1.29, 1.82) is 0 Å². The van der Waals surface area contributed by atoms with Crippen LogP contribution in [0.4, 0.5) is 0 Å². The summed E-state index contributed by atoms with van der Waals surface area (Å²) in [6.07, 6.45) is 0. The second-order valence-corrected chi connectivity index (χ2v) is 10.6. The SMILES string of the molecule is CCS(=O)(=O)CCOc1ccc(S(=O)(=O)NCc2ccc(OC)c(C(=O)OC)c2)cc1. The van der Waals surface area contributed by atoms with Crippen LogP contribution >= 0.6 is 0 Å². The van der Waals surface area contributed by atoms with E-state index in [-0.39, 0.29) is 35.1 Å². The molecule has 0 fully saturated rings. The van der Waals surface area contributed by atoms with E-state index in [1.165, 1.54) is 44.6 Å². The normalized spacial score (nSPS) is 11.7. The minimum atomic E-state index is -3.83. The van der Waals surface area contributed by atoms with Crippen LogP contribution in [0.25, 0.3) is 0 Å². The number of carbonyl (C=O) groups excluding carboxylic acids is 1. The van der Waals surface area contributed by atoms with Crippen molar-refractivity contribution in [3.63, 3.8) is 0 Å². The molecule has 170 valence electrons. The Kier molecular flexibility index (Phi) is 8.43. The van der Waals surface area contributed by atoms with Crippen LogP contribution in [0.1, 0.15) is 22.8 Å². The predicted octanol–water partition coefficient (Wildman–Crippen LogP) is 1.77. The number of nitrogens with one attached hydrogen (secondary N) is 1. The van der Waals surface area contributed by atoms with Gasteiger partial charge < -0.3 is 14.2 Å². The van der Waals surface area contributed by atoms with Crippen molar-refractivity contribution in [3.05, 3.63) is 53.6 Å². The molecule has 0 aliphatic heterocycles. The van der Waals surface area contributed by atoms with E-state index in [2.05, 4.69) is 4.72 Å². The van der Waals surface area contributed by atoms with E-state index in [0.717, 1.165) is 0 Å². The molecule has 0 aliphatic rings. The monoisotopic (exact) mass is 471 g/mol. The minimum absolute atomic E-state index is 0.0134. The molecule has 31 heavy (non-hydrogen) atoms. The number of sulfone groups is 1. The summed E-state index contributed by atoms with van der Waals surface area (Å²) in [6, 6.07) is 10.3. The molecule has 0 amide bonds. The molecule has 2 rings (SSSR count). The molecule has 0 atom stereocenters. The van der Waals surface area contributed by atoms with Gasteiger partial charge in [0.1, 0.15) is 23.7 Å². The van der Waals surface area contributed by atoms with Gasteiger partial charge in [0.25, 0.3) is 0 Å². The minimum Gasteiger partial charge on any atom is -0.496 e. The van der Waals surface area contributed by atoms with Crippen LogP contribution in [-0.4, -0.2) is 55.1 Å². The van der Waals surface area contributed by atoms with Crippen molar-refractivity contribution in [2.45, 2.75) is 18.4 Å². The second-order valence-electron chi connectivity index (χ2n) is 6.41. The fourth-order valence-corrected chi connectivity index (χ4v) is 4.19. The zero-order valence-corrected chi connectivity index (χ0v) is 19.1. The van der Waals surface area contributed by atoms with E-state index in [9.17, 15) is 21.6 Å². The van der Waals surface area contributed by atoms with Crippen molar-refractivity contribution in [1.82, 2.24) is 4.72 Å². The van der Waals surface area contributed by atoms with Gasteiger partial charge in [0, 0.05) is 12.3 Å². The molecular weight excluding hydrogens is 446 g/mol. The number of methoxy groups -OCH3 is 2. The van der Waals surface area contributed by atoms with E-state index in [1.807, 2.05) is 0 Å². The van der Waals surface area contributed by atoms with Crippen LogP contribution in [-0.2, 0) is 31.1 Å². The van der Waals surface area contributed by atoms with Crippen molar-refractivity contribution >= 4 is 25.8 Å². The highest BCUT2D eigenvalue weighted by atomic mass is 32.2. The lowest BCUT2D eigenvalue weighted by atomic mass is 10.1. The molecule has 0 unspecified atom stereocenters. The molecule has 0 aliphatic carbocycles. The zero-order valence-electron chi connectivity index (χ0n) is 17.5. The fraction of sp³-hybridized carbons (Fsp3) is 0.350. The highest BCUT2D eigenvalue weighted by Crippen LogP contribution is 2.21. The van der Waals surface area contributed by atoms with Crippen molar-refractivity contribution in [3.8, 4) is 11.5 Å². The predicted molar refractivity (Wildman–Crippen MR) is 115 cm³/mol. The Morgan fingerprint density at radius 1 is 1.00 bits per heavy atom. The lowest BCUT2D eigenvalue weighted by molar-refractivity contribution is 0.0597. The van der Waals surface area contributed by atoms with E-state index in [4.69, 9.17) is 14.2 Å². The van der Waals surface area contributed by atoms with Gasteiger partial charge in [-0.3, -0.25) is 0 Å². The number of sulfonamides is 1. The maximum Gasteiger partial charge on any atom is 0.341 e. The first-order valence-electron chi connectivity index (χ1n) is 9.30. The van der Waals surface area contributed by atoms with Crippen LogP contribution in [0.5, 0.6) is 11.5 Å². The Morgan fingerprint density at radius 2 is 1.68 bits per heavy atom. The van der Waals surface area contributed by atoms with Crippen molar-refractivity contribution < 1.29 is 35.8 Å². The van der Waals surface area contributed by atoms with Crippen molar-refractivity contribution in [2.24, 2.45) is 0 Å². The standard InChI is InChI=1S/C20H25NO8S2/c1-4-30(23,24)12-11-29-16-6-8-17(9-7-16)31(25,26)21-14-15-5-10-19(27-2)18(13-15)20(22)28-3/h5-10,13,21H,4,11-12,14H2,1-3H3. The first kappa shape index (κ1) is 24.6. The maximum atomic E-state index is 12.6. The van der Waals surface area contributed by atoms with E-state index < -0.39 is 25.8 Å². The molecule has 0 heterocycles. The highest BCUT2D eigenvalue weighted by molar-refractivity contribution is 7.91. The third-order valence-corrected chi connectivity index (χ3v) is 7.46. The summed E-state index contributed by atoms with van der Waals surface area (Å²) in [5.41, 5.74) is 0.732. The average molecular weight is 472 g/mol. The molecule has 0 saturated carbocycles. The summed E-state index contributed by atoms with van der Waals surface area (Å²) in [7, 11) is -4.30. The maximum absolute atomic E-state index is 12.6. The fourth-order valence-electron chi connectivity index (χ4n) is 2.54. The van der Waals surface area contributed by atoms with Gasteiger partial charge in [-0.05, 0) is 42.0 Å². The van der Waals surface area contributed by atoms with Crippen LogP contribution in [0.15, 0.2) is 47.4 Å². The van der Waals surface area contributed by atoms with Crippen LogP contribution in [0, 0.1) is 0 Å². The molecule has 0 saturated heterocycles. The molecule has 9 nitrogen and oxygen atoms in total. The second kappa shape index (κ2) is 10.6. The van der Waals surface area contributed by atoms with Gasteiger partial charge in [-0.1, -0.05) is 13.0 Å². The van der Waals surface area contributed by atoms with Gasteiger partial charge in [-0.2, -0.15) is 0 Å². The molecular formula is C20H25NO8S2. The Hall–Kier alpha value is -2.63. The number of rotatable bonds is 11.